The van der Waals surface area contributed by atoms with Crippen LogP contribution in [0.25, 0.3) is 0 Å². The lowest BCUT2D eigenvalue weighted by molar-refractivity contribution is -0.697. The summed E-state index contributed by atoms with van der Waals surface area (Å²) in [6.45, 7) is 9.29. The van der Waals surface area contributed by atoms with Gasteiger partial charge in [-0.05, 0) is 51.4 Å². The Morgan fingerprint density at radius 3 is 0.854 bits per heavy atom. The first-order valence-corrected chi connectivity index (χ1v) is 21.9. The number of hydrogen-bond acceptors (Lipinski definition) is 0. The number of imidazole rings is 2. The van der Waals surface area contributed by atoms with E-state index in [9.17, 15) is 0 Å². The molecule has 2 heterocycles. The molecule has 0 aromatic carbocycles. The quantitative estimate of drug-likeness (QED) is 0.0504. The minimum Gasteiger partial charge on any atom is -0.237 e. The standard InChI is InChI=1S/C44H84N4/c1-3-5-7-9-11-13-15-17-19-21-23-25-27-31-35-45-39-41-47(43-45)37-33-29-30-34-38-48-42-40-46(44-48)36-32-28-26-24-22-20-18-16-14-12-10-8-6-4-2/h39-44H,3-38H2,1-2H3/q+2. The Labute approximate surface area is 300 Å². The molecule has 0 saturated heterocycles. The van der Waals surface area contributed by atoms with Gasteiger partial charge >= 0.3 is 0 Å². The molecule has 2 aromatic heterocycles. The fourth-order valence-corrected chi connectivity index (χ4v) is 7.33. The first kappa shape index (κ1) is 42.6. The summed E-state index contributed by atoms with van der Waals surface area (Å²) in [5.41, 5.74) is 0. The van der Waals surface area contributed by atoms with Crippen LogP contribution in [0.3, 0.4) is 0 Å². The van der Waals surface area contributed by atoms with Gasteiger partial charge in [0.2, 0.25) is 12.7 Å². The second-order valence-electron chi connectivity index (χ2n) is 15.4. The SMILES string of the molecule is CCCCCCCCCCCCCCCC[n+]1ccn(CCCCCCn2cc[n+](CCCCCCCCCCCCCCCC)c2)c1. The van der Waals surface area contributed by atoms with Gasteiger partial charge in [-0.1, -0.05) is 168 Å². The van der Waals surface area contributed by atoms with E-state index in [2.05, 4.69) is 69.6 Å². The van der Waals surface area contributed by atoms with Crippen LogP contribution in [-0.4, -0.2) is 9.13 Å². The molecule has 278 valence electrons. The molecular weight excluding hydrogens is 585 g/mol. The minimum absolute atomic E-state index is 1.16. The zero-order chi connectivity index (χ0) is 34.0. The lowest BCUT2D eigenvalue weighted by Gasteiger charge is -2.03. The third-order valence-corrected chi connectivity index (χ3v) is 10.6. The zero-order valence-electron chi connectivity index (χ0n) is 32.7. The highest BCUT2D eigenvalue weighted by Crippen LogP contribution is 2.14. The average Bonchev–Trinajstić information content (AvgIpc) is 3.76. The van der Waals surface area contributed by atoms with Crippen LogP contribution >= 0.6 is 0 Å². The van der Waals surface area contributed by atoms with Crippen LogP contribution in [0, 0.1) is 0 Å². The van der Waals surface area contributed by atoms with Gasteiger partial charge < -0.3 is 0 Å². The van der Waals surface area contributed by atoms with Crippen molar-refractivity contribution in [2.75, 3.05) is 0 Å². The van der Waals surface area contributed by atoms with Crippen LogP contribution in [0.5, 0.6) is 0 Å². The summed E-state index contributed by atoms with van der Waals surface area (Å²) >= 11 is 0. The molecule has 0 radical (unpaired) electrons. The van der Waals surface area contributed by atoms with E-state index in [1.165, 1.54) is 219 Å². The summed E-state index contributed by atoms with van der Waals surface area (Å²) in [6, 6.07) is 0. The normalized spacial score (nSPS) is 11.6. The molecule has 48 heavy (non-hydrogen) atoms. The molecular formula is C44H84N4+2. The number of aromatic nitrogens is 4. The summed E-state index contributed by atoms with van der Waals surface area (Å²) < 4.78 is 9.60. The van der Waals surface area contributed by atoms with Crippen molar-refractivity contribution in [2.24, 2.45) is 0 Å². The Hall–Kier alpha value is -1.58. The molecule has 0 saturated carbocycles. The molecule has 0 aliphatic carbocycles. The van der Waals surface area contributed by atoms with Crippen molar-refractivity contribution in [3.63, 3.8) is 0 Å². The molecule has 4 heteroatoms. The smallest absolute Gasteiger partial charge is 0.237 e. The van der Waals surface area contributed by atoms with Gasteiger partial charge in [-0.3, -0.25) is 0 Å². The van der Waals surface area contributed by atoms with E-state index in [4.69, 9.17) is 0 Å². The number of unbranched alkanes of at least 4 members (excludes halogenated alkanes) is 29. The fraction of sp³-hybridized carbons (Fsp3) is 0.864. The van der Waals surface area contributed by atoms with E-state index in [1.807, 2.05) is 0 Å². The van der Waals surface area contributed by atoms with Gasteiger partial charge in [0.1, 0.15) is 24.8 Å². The Balaban J connectivity index is 1.33. The molecule has 0 aliphatic heterocycles. The lowest BCUT2D eigenvalue weighted by atomic mass is 10.0. The van der Waals surface area contributed by atoms with Gasteiger partial charge in [0.05, 0.1) is 26.2 Å². The molecule has 2 aromatic rings. The van der Waals surface area contributed by atoms with Gasteiger partial charge in [0.25, 0.3) is 0 Å². The first-order valence-electron chi connectivity index (χ1n) is 21.9. The van der Waals surface area contributed by atoms with Gasteiger partial charge in [-0.15, -0.1) is 0 Å². The second kappa shape index (κ2) is 32.6. The molecule has 0 fully saturated rings. The highest BCUT2D eigenvalue weighted by Gasteiger charge is 2.06. The molecule has 0 unspecified atom stereocenters. The molecule has 2 rings (SSSR count). The van der Waals surface area contributed by atoms with Crippen LogP contribution in [0.1, 0.15) is 219 Å². The maximum atomic E-state index is 2.40. The molecule has 4 nitrogen and oxygen atoms in total. The van der Waals surface area contributed by atoms with Crippen LogP contribution < -0.4 is 9.13 Å². The molecule has 0 amide bonds. The highest BCUT2D eigenvalue weighted by molar-refractivity contribution is 4.68. The van der Waals surface area contributed by atoms with Crippen molar-refractivity contribution < 1.29 is 9.13 Å². The molecule has 0 spiro atoms. The average molecular weight is 669 g/mol. The van der Waals surface area contributed by atoms with Crippen LogP contribution in [0.15, 0.2) is 37.4 Å². The number of hydrogen-bond donors (Lipinski definition) is 0. The number of aryl methyl sites for hydroxylation is 4. The van der Waals surface area contributed by atoms with Crippen molar-refractivity contribution >= 4 is 0 Å². The van der Waals surface area contributed by atoms with E-state index in [1.54, 1.807) is 0 Å². The van der Waals surface area contributed by atoms with Crippen molar-refractivity contribution in [1.82, 2.24) is 9.13 Å². The highest BCUT2D eigenvalue weighted by atomic mass is 15.1. The zero-order valence-corrected chi connectivity index (χ0v) is 32.7. The van der Waals surface area contributed by atoms with Crippen LogP contribution in [0.4, 0.5) is 0 Å². The summed E-state index contributed by atoms with van der Waals surface area (Å²) in [5.74, 6) is 0. The van der Waals surface area contributed by atoms with Gasteiger partial charge in [-0.25, -0.2) is 18.3 Å². The third-order valence-electron chi connectivity index (χ3n) is 10.6. The molecule has 0 N–H and O–H groups in total. The topological polar surface area (TPSA) is 17.6 Å². The summed E-state index contributed by atoms with van der Waals surface area (Å²) in [6.07, 6.45) is 59.1. The van der Waals surface area contributed by atoms with Crippen LogP contribution in [-0.2, 0) is 26.2 Å². The Morgan fingerprint density at radius 1 is 0.312 bits per heavy atom. The minimum atomic E-state index is 1.16. The molecule has 0 aliphatic rings. The van der Waals surface area contributed by atoms with E-state index in [0.29, 0.717) is 0 Å². The van der Waals surface area contributed by atoms with Gasteiger partial charge in [-0.2, -0.15) is 0 Å². The Kier molecular flexibility index (Phi) is 28.9. The molecule has 0 atom stereocenters. The van der Waals surface area contributed by atoms with E-state index >= 15 is 0 Å². The van der Waals surface area contributed by atoms with E-state index in [0.717, 1.165) is 13.1 Å². The predicted octanol–water partition coefficient (Wildman–Crippen LogP) is 13.1. The predicted molar refractivity (Wildman–Crippen MR) is 208 cm³/mol. The summed E-state index contributed by atoms with van der Waals surface area (Å²) in [4.78, 5) is 0. The van der Waals surface area contributed by atoms with E-state index in [-0.39, 0.29) is 0 Å². The number of nitrogens with zero attached hydrogens (tertiary/aromatic N) is 4. The van der Waals surface area contributed by atoms with Crippen molar-refractivity contribution in [1.29, 1.82) is 0 Å². The monoisotopic (exact) mass is 669 g/mol. The van der Waals surface area contributed by atoms with Crippen LogP contribution in [0.2, 0.25) is 0 Å². The Morgan fingerprint density at radius 2 is 0.562 bits per heavy atom. The van der Waals surface area contributed by atoms with E-state index < -0.39 is 0 Å². The van der Waals surface area contributed by atoms with Crippen molar-refractivity contribution in [3.05, 3.63) is 37.4 Å². The largest absolute Gasteiger partial charge is 0.243 e. The molecule has 0 bridgehead atoms. The lowest BCUT2D eigenvalue weighted by Crippen LogP contribution is -2.30. The fourth-order valence-electron chi connectivity index (χ4n) is 7.33. The maximum Gasteiger partial charge on any atom is 0.243 e. The maximum absolute atomic E-state index is 2.40. The van der Waals surface area contributed by atoms with Gasteiger partial charge in [0.15, 0.2) is 0 Å². The van der Waals surface area contributed by atoms with Gasteiger partial charge in [0, 0.05) is 0 Å². The summed E-state index contributed by atoms with van der Waals surface area (Å²) in [5, 5.41) is 0. The second-order valence-corrected chi connectivity index (χ2v) is 15.4. The number of rotatable bonds is 37. The Bertz CT molecular complexity index is 840. The third kappa shape index (κ3) is 25.4. The van der Waals surface area contributed by atoms with Crippen molar-refractivity contribution in [2.45, 2.75) is 245 Å². The summed E-state index contributed by atoms with van der Waals surface area (Å²) in [7, 11) is 0. The first-order chi connectivity index (χ1) is 23.8. The van der Waals surface area contributed by atoms with Crippen molar-refractivity contribution in [3.8, 4) is 0 Å².